The summed E-state index contributed by atoms with van der Waals surface area (Å²) in [7, 11) is 0. The molecule has 0 aliphatic carbocycles. The highest BCUT2D eigenvalue weighted by atomic mass is 32.2. The summed E-state index contributed by atoms with van der Waals surface area (Å²) in [5.41, 5.74) is 1.02. The molecule has 1 aromatic heterocycles. The third-order valence-electron chi connectivity index (χ3n) is 3.04. The minimum absolute atomic E-state index is 0.730. The standard InChI is InChI=1S/C16H23N3S/c1-4-10-17-16-18-14-8-6-5-7-13(14)15(19-16)20-11-9-12(2)3/h5-8,12H,4,9-11H2,1-3H3,(H,17,18,19). The first-order valence-corrected chi connectivity index (χ1v) is 8.32. The van der Waals surface area contributed by atoms with Crippen LogP contribution in [0.25, 0.3) is 10.9 Å². The molecule has 108 valence electrons. The second kappa shape index (κ2) is 7.48. The smallest absolute Gasteiger partial charge is 0.224 e. The lowest BCUT2D eigenvalue weighted by atomic mass is 10.2. The molecular weight excluding hydrogens is 266 g/mol. The van der Waals surface area contributed by atoms with E-state index < -0.39 is 0 Å². The van der Waals surface area contributed by atoms with Gasteiger partial charge in [-0.2, -0.15) is 0 Å². The van der Waals surface area contributed by atoms with E-state index >= 15 is 0 Å². The van der Waals surface area contributed by atoms with E-state index in [0.717, 1.165) is 46.5 Å². The molecule has 1 N–H and O–H groups in total. The molecular formula is C16H23N3S. The average molecular weight is 289 g/mol. The fourth-order valence-corrected chi connectivity index (χ4v) is 3.13. The van der Waals surface area contributed by atoms with Crippen molar-refractivity contribution in [3.8, 4) is 0 Å². The summed E-state index contributed by atoms with van der Waals surface area (Å²) in [5, 5.41) is 5.54. The number of nitrogens with one attached hydrogen (secondary N) is 1. The lowest BCUT2D eigenvalue weighted by Crippen LogP contribution is -2.05. The molecule has 0 aliphatic rings. The van der Waals surface area contributed by atoms with Gasteiger partial charge in [0.2, 0.25) is 5.95 Å². The minimum atomic E-state index is 0.730. The maximum absolute atomic E-state index is 4.68. The number of rotatable bonds is 7. The Bertz CT molecular complexity index is 554. The maximum Gasteiger partial charge on any atom is 0.224 e. The van der Waals surface area contributed by atoms with Gasteiger partial charge >= 0.3 is 0 Å². The number of fused-ring (bicyclic) bond motifs is 1. The third kappa shape index (κ3) is 4.10. The van der Waals surface area contributed by atoms with Gasteiger partial charge in [0, 0.05) is 11.9 Å². The van der Waals surface area contributed by atoms with E-state index in [1.54, 1.807) is 0 Å². The number of aromatic nitrogens is 2. The summed E-state index contributed by atoms with van der Waals surface area (Å²) in [6.07, 6.45) is 2.28. The van der Waals surface area contributed by atoms with E-state index in [1.807, 2.05) is 17.8 Å². The van der Waals surface area contributed by atoms with E-state index in [0.29, 0.717) is 0 Å². The summed E-state index contributed by atoms with van der Waals surface area (Å²) in [4.78, 5) is 9.26. The Hall–Kier alpha value is -1.29. The Balaban J connectivity index is 2.24. The van der Waals surface area contributed by atoms with E-state index in [-0.39, 0.29) is 0 Å². The largest absolute Gasteiger partial charge is 0.354 e. The number of thioether (sulfide) groups is 1. The fourth-order valence-electron chi connectivity index (χ4n) is 1.86. The van der Waals surface area contributed by atoms with Crippen LogP contribution in [0.2, 0.25) is 0 Å². The summed E-state index contributed by atoms with van der Waals surface area (Å²) < 4.78 is 0. The number of anilines is 1. The van der Waals surface area contributed by atoms with Gasteiger partial charge in [0.1, 0.15) is 5.03 Å². The summed E-state index contributed by atoms with van der Waals surface area (Å²) in [6.45, 7) is 7.57. The van der Waals surface area contributed by atoms with Crippen molar-refractivity contribution in [2.75, 3.05) is 17.6 Å². The van der Waals surface area contributed by atoms with Crippen LogP contribution >= 0.6 is 11.8 Å². The Labute approximate surface area is 125 Å². The van der Waals surface area contributed by atoms with Crippen molar-refractivity contribution in [1.29, 1.82) is 0 Å². The number of nitrogens with zero attached hydrogens (tertiary/aromatic N) is 2. The normalized spacial score (nSPS) is 11.2. The zero-order valence-electron chi connectivity index (χ0n) is 12.5. The molecule has 0 atom stereocenters. The second-order valence-corrected chi connectivity index (χ2v) is 6.41. The van der Waals surface area contributed by atoms with Crippen LogP contribution in [0.1, 0.15) is 33.6 Å². The highest BCUT2D eigenvalue weighted by Gasteiger charge is 2.08. The van der Waals surface area contributed by atoms with Crippen LogP contribution in [0.4, 0.5) is 5.95 Å². The van der Waals surface area contributed by atoms with Crippen molar-refractivity contribution in [2.45, 2.75) is 38.6 Å². The lowest BCUT2D eigenvalue weighted by molar-refractivity contribution is 0.632. The molecule has 0 aliphatic heterocycles. The number of para-hydroxylation sites is 1. The van der Waals surface area contributed by atoms with Gasteiger partial charge in [-0.25, -0.2) is 9.97 Å². The highest BCUT2D eigenvalue weighted by Crippen LogP contribution is 2.27. The number of hydrogen-bond acceptors (Lipinski definition) is 4. The van der Waals surface area contributed by atoms with Crippen LogP contribution in [0, 0.1) is 5.92 Å². The second-order valence-electron chi connectivity index (χ2n) is 5.33. The van der Waals surface area contributed by atoms with Crippen LogP contribution in [0.3, 0.4) is 0 Å². The monoisotopic (exact) mass is 289 g/mol. The summed E-state index contributed by atoms with van der Waals surface area (Å²) in [5.74, 6) is 2.58. The molecule has 0 spiro atoms. The Morgan fingerprint density at radius 1 is 1.20 bits per heavy atom. The highest BCUT2D eigenvalue weighted by molar-refractivity contribution is 7.99. The molecule has 1 aromatic carbocycles. The molecule has 3 nitrogen and oxygen atoms in total. The van der Waals surface area contributed by atoms with Crippen molar-refractivity contribution < 1.29 is 0 Å². The molecule has 0 radical (unpaired) electrons. The first-order valence-electron chi connectivity index (χ1n) is 7.34. The van der Waals surface area contributed by atoms with Gasteiger partial charge < -0.3 is 5.32 Å². The van der Waals surface area contributed by atoms with Gasteiger partial charge in [-0.3, -0.25) is 0 Å². The maximum atomic E-state index is 4.68. The Kier molecular flexibility index (Phi) is 5.65. The topological polar surface area (TPSA) is 37.8 Å². The van der Waals surface area contributed by atoms with Crippen molar-refractivity contribution >= 4 is 28.6 Å². The molecule has 0 amide bonds. The molecule has 0 bridgehead atoms. The van der Waals surface area contributed by atoms with Gasteiger partial charge in [0.05, 0.1) is 5.52 Å². The molecule has 1 heterocycles. The van der Waals surface area contributed by atoms with Crippen LogP contribution in [0.5, 0.6) is 0 Å². The zero-order valence-corrected chi connectivity index (χ0v) is 13.3. The molecule has 20 heavy (non-hydrogen) atoms. The number of benzene rings is 1. The van der Waals surface area contributed by atoms with Crippen LogP contribution < -0.4 is 5.32 Å². The van der Waals surface area contributed by atoms with Crippen molar-refractivity contribution in [3.05, 3.63) is 24.3 Å². The van der Waals surface area contributed by atoms with Gasteiger partial charge in [0.25, 0.3) is 0 Å². The average Bonchev–Trinajstić information content (AvgIpc) is 2.44. The third-order valence-corrected chi connectivity index (χ3v) is 4.06. The molecule has 0 unspecified atom stereocenters. The first kappa shape index (κ1) is 15.1. The van der Waals surface area contributed by atoms with E-state index in [4.69, 9.17) is 0 Å². The zero-order chi connectivity index (χ0) is 14.4. The molecule has 2 aromatic rings. The van der Waals surface area contributed by atoms with Gasteiger partial charge in [-0.1, -0.05) is 39.0 Å². The van der Waals surface area contributed by atoms with E-state index in [9.17, 15) is 0 Å². The lowest BCUT2D eigenvalue weighted by Gasteiger charge is -2.10. The summed E-state index contributed by atoms with van der Waals surface area (Å²) in [6, 6.07) is 8.25. The predicted octanol–water partition coefficient (Wildman–Crippen LogP) is 4.59. The quantitative estimate of drug-likeness (QED) is 0.597. The molecule has 2 rings (SSSR count). The van der Waals surface area contributed by atoms with E-state index in [2.05, 4.69) is 54.3 Å². The molecule has 4 heteroatoms. The van der Waals surface area contributed by atoms with Crippen LogP contribution in [0.15, 0.2) is 29.3 Å². The Morgan fingerprint density at radius 2 is 2.00 bits per heavy atom. The fraction of sp³-hybridized carbons (Fsp3) is 0.500. The van der Waals surface area contributed by atoms with Crippen molar-refractivity contribution in [1.82, 2.24) is 9.97 Å². The molecule has 0 saturated heterocycles. The van der Waals surface area contributed by atoms with Gasteiger partial charge in [0.15, 0.2) is 0 Å². The summed E-state index contributed by atoms with van der Waals surface area (Å²) >= 11 is 1.83. The first-order chi connectivity index (χ1) is 9.70. The van der Waals surface area contributed by atoms with E-state index in [1.165, 1.54) is 6.42 Å². The SMILES string of the molecule is CCCNc1nc(SCCC(C)C)c2ccccc2n1. The molecule has 0 fully saturated rings. The van der Waals surface area contributed by atoms with Crippen LogP contribution in [-0.2, 0) is 0 Å². The van der Waals surface area contributed by atoms with Crippen molar-refractivity contribution in [3.63, 3.8) is 0 Å². The number of hydrogen-bond donors (Lipinski definition) is 1. The van der Waals surface area contributed by atoms with Gasteiger partial charge in [-0.15, -0.1) is 11.8 Å². The Morgan fingerprint density at radius 3 is 2.75 bits per heavy atom. The minimum Gasteiger partial charge on any atom is -0.354 e. The predicted molar refractivity (Wildman–Crippen MR) is 88.5 cm³/mol. The van der Waals surface area contributed by atoms with Gasteiger partial charge in [-0.05, 0) is 30.6 Å². The van der Waals surface area contributed by atoms with Crippen molar-refractivity contribution in [2.24, 2.45) is 5.92 Å². The van der Waals surface area contributed by atoms with Crippen LogP contribution in [-0.4, -0.2) is 22.3 Å². The molecule has 0 saturated carbocycles.